The lowest BCUT2D eigenvalue weighted by molar-refractivity contribution is 1.67. The molecule has 0 saturated heterocycles. The first-order valence-electron chi connectivity index (χ1n) is 7.54. The van der Waals surface area contributed by atoms with Gasteiger partial charge in [-0.3, -0.25) is 0 Å². The fourth-order valence-corrected chi connectivity index (χ4v) is 5.39. The van der Waals surface area contributed by atoms with E-state index in [4.69, 9.17) is 0 Å². The predicted molar refractivity (Wildman–Crippen MR) is 100.0 cm³/mol. The zero-order chi connectivity index (χ0) is 14.9. The minimum absolute atomic E-state index is 0.0231. The number of allylic oxidation sites excluding steroid dienone is 1. The largest absolute Gasteiger partial charge is 0.187 e. The molecule has 3 aromatic carbocycles. The highest BCUT2D eigenvalue weighted by atomic mass is 32.2. The van der Waals surface area contributed by atoms with Gasteiger partial charge in [-0.2, -0.15) is 0 Å². The lowest BCUT2D eigenvalue weighted by Gasteiger charge is -1.95. The third-order valence-corrected chi connectivity index (χ3v) is 6.31. The Hall–Kier alpha value is -2.38. The van der Waals surface area contributed by atoms with Crippen molar-refractivity contribution in [2.75, 3.05) is 0 Å². The van der Waals surface area contributed by atoms with Crippen molar-refractivity contribution in [2.24, 2.45) is 0 Å². The summed E-state index contributed by atoms with van der Waals surface area (Å²) >= 11 is 0. The highest BCUT2D eigenvalue weighted by Crippen LogP contribution is 2.48. The molecule has 1 heterocycles. The fraction of sp³-hybridized carbons (Fsp3) is 0.0476. The molecule has 0 atom stereocenters. The van der Waals surface area contributed by atoms with E-state index in [1.165, 1.54) is 30.6 Å². The first-order valence-corrected chi connectivity index (χ1v) is 8.76. The van der Waals surface area contributed by atoms with Crippen LogP contribution in [0.25, 0.3) is 31.1 Å². The third-order valence-electron chi connectivity index (χ3n) is 3.98. The molecule has 0 unspecified atom stereocenters. The fourth-order valence-electron chi connectivity index (χ4n) is 3.01. The van der Waals surface area contributed by atoms with Crippen molar-refractivity contribution in [2.45, 2.75) is 6.92 Å². The van der Waals surface area contributed by atoms with Gasteiger partial charge in [-0.15, -0.1) is 0 Å². The third kappa shape index (κ3) is 2.06. The van der Waals surface area contributed by atoms with Gasteiger partial charge < -0.3 is 0 Å². The van der Waals surface area contributed by atoms with Crippen LogP contribution in [0.5, 0.6) is 0 Å². The molecular weight excluding hydrogens is 284 g/mol. The average Bonchev–Trinajstić information content (AvgIpc) is 2.91. The summed E-state index contributed by atoms with van der Waals surface area (Å²) in [6, 6.07) is 26.6. The van der Waals surface area contributed by atoms with Gasteiger partial charge in [0, 0.05) is 21.2 Å². The van der Waals surface area contributed by atoms with E-state index in [9.17, 15) is 0 Å². The van der Waals surface area contributed by atoms with Gasteiger partial charge in [-0.1, -0.05) is 36.4 Å². The second-order valence-electron chi connectivity index (χ2n) is 5.37. The van der Waals surface area contributed by atoms with Crippen LogP contribution in [-0.4, -0.2) is 0 Å². The maximum atomic E-state index is 2.28. The maximum Gasteiger partial charge on any atom is 0.187 e. The lowest BCUT2D eigenvalue weighted by Crippen LogP contribution is -1.73. The molecule has 0 fully saturated rings. The minimum atomic E-state index is 0.0231. The van der Waals surface area contributed by atoms with Gasteiger partial charge in [-0.05, 0) is 61.0 Å². The van der Waals surface area contributed by atoms with E-state index in [0.717, 1.165) is 0 Å². The van der Waals surface area contributed by atoms with E-state index in [1.54, 1.807) is 0 Å². The maximum absolute atomic E-state index is 2.28. The number of fused-ring (bicyclic) bond motifs is 3. The molecule has 1 aromatic heterocycles. The van der Waals surface area contributed by atoms with Gasteiger partial charge in [0.25, 0.3) is 0 Å². The molecule has 0 radical (unpaired) electrons. The van der Waals surface area contributed by atoms with Crippen molar-refractivity contribution >= 4 is 36.7 Å². The SMILES string of the molecule is C/C=C/c1ccc(-[s+]2c3ccccc3c3ccccc32)cc1. The Bertz CT molecular complexity index is 919. The van der Waals surface area contributed by atoms with Crippen molar-refractivity contribution in [1.82, 2.24) is 0 Å². The van der Waals surface area contributed by atoms with Gasteiger partial charge >= 0.3 is 0 Å². The Morgan fingerprint density at radius 2 is 1.23 bits per heavy atom. The van der Waals surface area contributed by atoms with Crippen LogP contribution in [-0.2, 0) is 0 Å². The topological polar surface area (TPSA) is 0 Å². The molecule has 0 aliphatic carbocycles. The summed E-state index contributed by atoms with van der Waals surface area (Å²) in [6.45, 7) is 2.05. The Kier molecular flexibility index (Phi) is 3.28. The molecule has 22 heavy (non-hydrogen) atoms. The van der Waals surface area contributed by atoms with Crippen molar-refractivity contribution in [3.63, 3.8) is 0 Å². The first-order chi connectivity index (χ1) is 10.9. The summed E-state index contributed by atoms with van der Waals surface area (Å²) in [7, 11) is 0.0231. The molecule has 0 aliphatic rings. The average molecular weight is 301 g/mol. The minimum Gasteiger partial charge on any atom is -0.0871 e. The molecule has 1 heteroatoms. The van der Waals surface area contributed by atoms with Crippen LogP contribution >= 0.6 is 10.5 Å². The molecule has 0 aliphatic heterocycles. The van der Waals surface area contributed by atoms with Crippen molar-refractivity contribution in [3.8, 4) is 4.90 Å². The van der Waals surface area contributed by atoms with E-state index in [-0.39, 0.29) is 10.5 Å². The van der Waals surface area contributed by atoms with Crippen molar-refractivity contribution in [3.05, 3.63) is 84.4 Å². The number of benzene rings is 3. The van der Waals surface area contributed by atoms with E-state index in [2.05, 4.69) is 91.9 Å². The molecule has 0 N–H and O–H groups in total. The molecule has 0 spiro atoms. The second kappa shape index (κ2) is 5.43. The summed E-state index contributed by atoms with van der Waals surface area (Å²) in [5.41, 5.74) is 1.26. The van der Waals surface area contributed by atoms with Crippen LogP contribution in [0.2, 0.25) is 0 Å². The summed E-state index contributed by atoms with van der Waals surface area (Å²) < 4.78 is 2.89. The second-order valence-corrected chi connectivity index (χ2v) is 7.33. The highest BCUT2D eigenvalue weighted by molar-refractivity contribution is 7.50. The van der Waals surface area contributed by atoms with Crippen molar-refractivity contribution in [1.29, 1.82) is 0 Å². The molecular formula is C21H17S+. The summed E-state index contributed by atoms with van der Waals surface area (Å²) in [5, 5.41) is 2.78. The van der Waals surface area contributed by atoms with E-state index in [0.29, 0.717) is 0 Å². The zero-order valence-corrected chi connectivity index (χ0v) is 13.3. The van der Waals surface area contributed by atoms with Crippen molar-refractivity contribution < 1.29 is 0 Å². The number of thiophene rings is 1. The highest BCUT2D eigenvalue weighted by Gasteiger charge is 2.22. The molecule has 4 rings (SSSR count). The van der Waals surface area contributed by atoms with Gasteiger partial charge in [-0.25, -0.2) is 0 Å². The molecule has 0 amide bonds. The zero-order valence-electron chi connectivity index (χ0n) is 12.5. The molecule has 0 bridgehead atoms. The van der Waals surface area contributed by atoms with Crippen LogP contribution in [0.15, 0.2) is 78.9 Å². The predicted octanol–water partition coefficient (Wildman–Crippen LogP) is 6.76. The molecule has 0 nitrogen and oxygen atoms in total. The van der Waals surface area contributed by atoms with Gasteiger partial charge in [0.2, 0.25) is 0 Å². The first kappa shape index (κ1) is 13.3. The Morgan fingerprint density at radius 3 is 1.77 bits per heavy atom. The summed E-state index contributed by atoms with van der Waals surface area (Å²) in [4.78, 5) is 1.39. The van der Waals surface area contributed by atoms with Gasteiger partial charge in [0.1, 0.15) is 0 Å². The van der Waals surface area contributed by atoms with Gasteiger partial charge in [0.05, 0.1) is 0 Å². The van der Waals surface area contributed by atoms with Crippen LogP contribution in [0, 0.1) is 0 Å². The Balaban J connectivity index is 2.03. The molecule has 106 valence electrons. The Morgan fingerprint density at radius 1 is 0.682 bits per heavy atom. The van der Waals surface area contributed by atoms with Crippen LogP contribution < -0.4 is 0 Å². The van der Waals surface area contributed by atoms with E-state index >= 15 is 0 Å². The molecule has 0 saturated carbocycles. The van der Waals surface area contributed by atoms with Gasteiger partial charge in [0.15, 0.2) is 14.3 Å². The lowest BCUT2D eigenvalue weighted by atomic mass is 10.2. The Labute approximate surface area is 133 Å². The normalized spacial score (nSPS) is 11.7. The summed E-state index contributed by atoms with van der Waals surface area (Å²) in [5.74, 6) is 0. The quantitative estimate of drug-likeness (QED) is 0.359. The molecule has 4 aromatic rings. The number of hydrogen-bond donors (Lipinski definition) is 0. The smallest absolute Gasteiger partial charge is 0.0871 e. The summed E-state index contributed by atoms with van der Waals surface area (Å²) in [6.07, 6.45) is 4.22. The van der Waals surface area contributed by atoms with E-state index in [1.807, 2.05) is 0 Å². The van der Waals surface area contributed by atoms with Crippen LogP contribution in [0.1, 0.15) is 12.5 Å². The monoisotopic (exact) mass is 301 g/mol. The van der Waals surface area contributed by atoms with Crippen LogP contribution in [0.4, 0.5) is 0 Å². The number of rotatable bonds is 2. The number of hydrogen-bond acceptors (Lipinski definition) is 0. The van der Waals surface area contributed by atoms with Crippen LogP contribution in [0.3, 0.4) is 0 Å². The standard InChI is InChI=1S/C21H17S/c1-2-7-16-12-14-17(15-13-16)22-20-10-5-3-8-18(20)19-9-4-6-11-21(19)22/h2-15H,1H3/q+1/b7-2+. The van der Waals surface area contributed by atoms with E-state index < -0.39 is 0 Å².